The third-order valence-corrected chi connectivity index (χ3v) is 7.16. The molecule has 2 unspecified atom stereocenters. The van der Waals surface area contributed by atoms with Gasteiger partial charge >= 0.3 is 0 Å². The van der Waals surface area contributed by atoms with Gasteiger partial charge in [0, 0.05) is 48.6 Å². The minimum Gasteiger partial charge on any atom is -0.356 e. The Labute approximate surface area is 184 Å². The van der Waals surface area contributed by atoms with Gasteiger partial charge in [0.1, 0.15) is 4.32 Å². The first-order valence-corrected chi connectivity index (χ1v) is 11.3. The maximum absolute atomic E-state index is 12.3. The third kappa shape index (κ3) is 4.49. The Hall–Kier alpha value is -2.45. The van der Waals surface area contributed by atoms with Crippen molar-refractivity contribution in [2.24, 2.45) is 5.92 Å². The second kappa shape index (κ2) is 8.73. The van der Waals surface area contributed by atoms with Crippen molar-refractivity contribution in [3.63, 3.8) is 0 Å². The van der Waals surface area contributed by atoms with Crippen LogP contribution in [0.4, 0.5) is 5.69 Å². The number of Topliss-reactive ketones (excluding diaryl/α,β-unsaturated/α-hetero) is 1. The minimum absolute atomic E-state index is 0.00687. The number of fused-ring (bicyclic) bond motifs is 4. The van der Waals surface area contributed by atoms with Crippen molar-refractivity contribution in [2.45, 2.75) is 25.8 Å². The molecule has 1 amide bonds. The van der Waals surface area contributed by atoms with Gasteiger partial charge in [-0.2, -0.15) is 0 Å². The van der Waals surface area contributed by atoms with Crippen LogP contribution >= 0.6 is 24.0 Å². The normalized spacial score (nSPS) is 19.7. The van der Waals surface area contributed by atoms with Crippen molar-refractivity contribution in [1.82, 2.24) is 9.47 Å². The van der Waals surface area contributed by atoms with Gasteiger partial charge in [-0.1, -0.05) is 30.0 Å². The fraction of sp³-hybridized carbons (Fsp3) is 0.364. The third-order valence-electron chi connectivity index (χ3n) is 5.64. The lowest BCUT2D eigenvalue weighted by molar-refractivity contribution is -0.113. The number of thiocarbonyl (C=S) groups is 1. The topological polar surface area (TPSA) is 71.4 Å². The van der Waals surface area contributed by atoms with Crippen molar-refractivity contribution < 1.29 is 9.59 Å². The highest BCUT2D eigenvalue weighted by atomic mass is 32.2. The molecule has 0 radical (unpaired) electrons. The maximum atomic E-state index is 12.3. The highest BCUT2D eigenvalue weighted by molar-refractivity contribution is 8.23. The van der Waals surface area contributed by atoms with Crippen LogP contribution in [0.25, 0.3) is 0 Å². The van der Waals surface area contributed by atoms with E-state index in [1.165, 1.54) is 18.7 Å². The number of benzene rings is 1. The van der Waals surface area contributed by atoms with Gasteiger partial charge in [-0.25, -0.2) is 0 Å². The standard InChI is InChI=1S/C22H23N3O3S2/c1-14(26)16-5-7-18(8-6-16)23-20(27)13-30-22(29)24-10-15-9-17(12-24)19-3-2-4-21(28)25(19)11-15/h2-8,15,17H,9-13H2,1H3,(H,23,27). The Bertz CT molecular complexity index is 1050. The fourth-order valence-corrected chi connectivity index (χ4v) is 5.23. The van der Waals surface area contributed by atoms with Crippen LogP contribution in [0, 0.1) is 5.92 Å². The van der Waals surface area contributed by atoms with Crippen molar-refractivity contribution >= 4 is 45.7 Å². The highest BCUT2D eigenvalue weighted by Gasteiger charge is 2.35. The van der Waals surface area contributed by atoms with Gasteiger partial charge < -0.3 is 14.8 Å². The van der Waals surface area contributed by atoms with Crippen molar-refractivity contribution in [3.05, 3.63) is 64.1 Å². The van der Waals surface area contributed by atoms with Crippen LogP contribution in [-0.4, -0.2) is 44.3 Å². The van der Waals surface area contributed by atoms with E-state index >= 15 is 0 Å². The molecule has 2 atom stereocenters. The van der Waals surface area contributed by atoms with Gasteiger partial charge in [-0.05, 0) is 49.6 Å². The number of hydrogen-bond acceptors (Lipinski definition) is 5. The van der Waals surface area contributed by atoms with Gasteiger partial charge in [0.15, 0.2) is 5.78 Å². The van der Waals surface area contributed by atoms with Crippen molar-refractivity contribution in [3.8, 4) is 0 Å². The number of nitrogens with one attached hydrogen (secondary N) is 1. The van der Waals surface area contributed by atoms with E-state index in [2.05, 4.69) is 10.2 Å². The summed E-state index contributed by atoms with van der Waals surface area (Å²) in [6.45, 7) is 3.83. The molecule has 0 aliphatic carbocycles. The molecule has 2 aliphatic rings. The van der Waals surface area contributed by atoms with Gasteiger partial charge in [-0.15, -0.1) is 0 Å². The first-order chi connectivity index (χ1) is 14.4. The summed E-state index contributed by atoms with van der Waals surface area (Å²) >= 11 is 6.97. The number of thioether (sulfide) groups is 1. The molecule has 0 saturated carbocycles. The van der Waals surface area contributed by atoms with E-state index in [0.29, 0.717) is 23.1 Å². The molecular formula is C22H23N3O3S2. The number of carbonyl (C=O) groups excluding carboxylic acids is 2. The first-order valence-electron chi connectivity index (χ1n) is 9.93. The lowest BCUT2D eigenvalue weighted by atomic mass is 9.83. The number of amides is 1. The van der Waals surface area contributed by atoms with Gasteiger partial charge in [0.2, 0.25) is 5.91 Å². The monoisotopic (exact) mass is 441 g/mol. The van der Waals surface area contributed by atoms with Crippen LogP contribution in [0.3, 0.4) is 0 Å². The molecule has 30 heavy (non-hydrogen) atoms. The van der Waals surface area contributed by atoms with E-state index in [4.69, 9.17) is 12.2 Å². The molecule has 156 valence electrons. The van der Waals surface area contributed by atoms with Gasteiger partial charge in [0.25, 0.3) is 5.56 Å². The van der Waals surface area contributed by atoms with Crippen molar-refractivity contribution in [1.29, 1.82) is 0 Å². The molecule has 2 aromatic rings. The number of piperidine rings is 1. The Morgan fingerprint density at radius 2 is 1.90 bits per heavy atom. The van der Waals surface area contributed by atoms with Crippen LogP contribution in [-0.2, 0) is 11.3 Å². The van der Waals surface area contributed by atoms with Crippen LogP contribution in [0.5, 0.6) is 0 Å². The fourth-order valence-electron chi connectivity index (χ4n) is 4.25. The molecule has 0 spiro atoms. The van der Waals surface area contributed by atoms with Crippen molar-refractivity contribution in [2.75, 3.05) is 24.2 Å². The Morgan fingerprint density at radius 1 is 1.13 bits per heavy atom. The minimum atomic E-state index is -0.132. The average Bonchev–Trinajstić information content (AvgIpc) is 2.73. The molecule has 4 rings (SSSR count). The zero-order valence-corrected chi connectivity index (χ0v) is 18.3. The predicted molar refractivity (Wildman–Crippen MR) is 123 cm³/mol. The van der Waals surface area contributed by atoms with Crippen LogP contribution in [0.15, 0.2) is 47.3 Å². The van der Waals surface area contributed by atoms with E-state index in [-0.39, 0.29) is 23.0 Å². The number of aromatic nitrogens is 1. The molecule has 8 heteroatoms. The molecule has 1 aromatic carbocycles. The van der Waals surface area contributed by atoms with Crippen LogP contribution in [0.2, 0.25) is 0 Å². The van der Waals surface area contributed by atoms with E-state index in [1.807, 2.05) is 16.7 Å². The lowest BCUT2D eigenvalue weighted by Gasteiger charge is -2.43. The van der Waals surface area contributed by atoms with Crippen LogP contribution in [0.1, 0.15) is 35.3 Å². The molecule has 1 aromatic heterocycles. The summed E-state index contributed by atoms with van der Waals surface area (Å²) in [6.07, 6.45) is 1.07. The van der Waals surface area contributed by atoms with E-state index in [9.17, 15) is 14.4 Å². The Balaban J connectivity index is 1.32. The smallest absolute Gasteiger partial charge is 0.250 e. The number of anilines is 1. The van der Waals surface area contributed by atoms with Gasteiger partial charge in [0.05, 0.1) is 5.75 Å². The molecule has 1 N–H and O–H groups in total. The number of carbonyl (C=O) groups is 2. The second-order valence-corrected chi connectivity index (χ2v) is 9.45. The predicted octanol–water partition coefficient (Wildman–Crippen LogP) is 3.13. The van der Waals surface area contributed by atoms with E-state index in [1.54, 1.807) is 30.3 Å². The van der Waals surface area contributed by atoms with E-state index in [0.717, 1.165) is 36.1 Å². The highest BCUT2D eigenvalue weighted by Crippen LogP contribution is 2.36. The number of ketones is 1. The summed E-state index contributed by atoms with van der Waals surface area (Å²) in [4.78, 5) is 38.0. The Morgan fingerprint density at radius 3 is 2.63 bits per heavy atom. The Kier molecular flexibility index (Phi) is 6.06. The molecular weight excluding hydrogens is 418 g/mol. The largest absolute Gasteiger partial charge is 0.356 e. The van der Waals surface area contributed by atoms with Gasteiger partial charge in [-0.3, -0.25) is 14.4 Å². The molecule has 1 saturated heterocycles. The first kappa shape index (κ1) is 20.8. The van der Waals surface area contributed by atoms with Crippen LogP contribution < -0.4 is 10.9 Å². The summed E-state index contributed by atoms with van der Waals surface area (Å²) in [6, 6.07) is 12.3. The average molecular weight is 442 g/mol. The maximum Gasteiger partial charge on any atom is 0.250 e. The zero-order chi connectivity index (χ0) is 21.3. The summed E-state index contributed by atoms with van der Waals surface area (Å²) in [5.74, 6) is 0.775. The number of pyridine rings is 1. The molecule has 2 bridgehead atoms. The lowest BCUT2D eigenvalue weighted by Crippen LogP contribution is -2.48. The summed E-state index contributed by atoms with van der Waals surface area (Å²) in [5, 5.41) is 2.84. The summed E-state index contributed by atoms with van der Waals surface area (Å²) in [5.41, 5.74) is 2.43. The zero-order valence-electron chi connectivity index (χ0n) is 16.7. The SMILES string of the molecule is CC(=O)c1ccc(NC(=O)CSC(=S)N2CC3CC(C2)c2cccc(=O)n2C3)cc1. The quantitative estimate of drug-likeness (QED) is 0.581. The summed E-state index contributed by atoms with van der Waals surface area (Å²) in [7, 11) is 0. The molecule has 1 fully saturated rings. The number of nitrogens with zero attached hydrogens (tertiary/aromatic N) is 2. The second-order valence-electron chi connectivity index (χ2n) is 7.84. The molecule has 2 aliphatic heterocycles. The number of likely N-dealkylation sites (tertiary alicyclic amines) is 1. The molecule has 3 heterocycles. The number of hydrogen-bond donors (Lipinski definition) is 1. The van der Waals surface area contributed by atoms with E-state index < -0.39 is 0 Å². The summed E-state index contributed by atoms with van der Waals surface area (Å²) < 4.78 is 2.62. The molecule has 6 nitrogen and oxygen atoms in total. The number of rotatable bonds is 4.